The molecule has 2 aromatic carbocycles. The Morgan fingerprint density at radius 1 is 1.16 bits per heavy atom. The standard InChI is InChI=1S/C18H15ClN2O3S/c1-3-21-15-13(19)5-4-6-14(15)25-18(21)20-16(22)11-7-9-12(10-8-11)17(23)24-2/h4-10H,3H2,1-2H3. The van der Waals surface area contributed by atoms with Crippen LogP contribution in [0.25, 0.3) is 10.2 Å². The van der Waals surface area contributed by atoms with Gasteiger partial charge in [-0.25, -0.2) is 4.79 Å². The fourth-order valence-electron chi connectivity index (χ4n) is 2.48. The van der Waals surface area contributed by atoms with Crippen LogP contribution in [-0.4, -0.2) is 23.6 Å². The summed E-state index contributed by atoms with van der Waals surface area (Å²) in [5.74, 6) is -0.819. The highest BCUT2D eigenvalue weighted by atomic mass is 35.5. The lowest BCUT2D eigenvalue weighted by Gasteiger charge is -2.02. The van der Waals surface area contributed by atoms with Gasteiger partial charge < -0.3 is 9.30 Å². The molecule has 3 rings (SSSR count). The van der Waals surface area contributed by atoms with Crippen molar-refractivity contribution in [3.63, 3.8) is 0 Å². The maximum atomic E-state index is 12.5. The number of halogens is 1. The molecule has 5 nitrogen and oxygen atoms in total. The van der Waals surface area contributed by atoms with Crippen molar-refractivity contribution < 1.29 is 14.3 Å². The first-order valence-electron chi connectivity index (χ1n) is 7.60. The first kappa shape index (κ1) is 17.4. The Labute approximate surface area is 153 Å². The maximum absolute atomic E-state index is 12.5. The van der Waals surface area contributed by atoms with E-state index in [0.717, 1.165) is 10.2 Å². The number of thiazole rings is 1. The molecule has 0 saturated heterocycles. The van der Waals surface area contributed by atoms with Crippen molar-refractivity contribution in [2.24, 2.45) is 4.99 Å². The van der Waals surface area contributed by atoms with Crippen LogP contribution >= 0.6 is 22.9 Å². The number of hydrogen-bond donors (Lipinski definition) is 0. The summed E-state index contributed by atoms with van der Waals surface area (Å²) in [6.45, 7) is 2.63. The number of aromatic nitrogens is 1. The molecule has 0 atom stereocenters. The van der Waals surface area contributed by atoms with Gasteiger partial charge >= 0.3 is 5.97 Å². The Bertz CT molecular complexity index is 1020. The van der Waals surface area contributed by atoms with E-state index in [1.165, 1.54) is 18.4 Å². The van der Waals surface area contributed by atoms with E-state index in [1.54, 1.807) is 24.3 Å². The summed E-state index contributed by atoms with van der Waals surface area (Å²) in [6, 6.07) is 11.9. The van der Waals surface area contributed by atoms with Gasteiger partial charge in [-0.1, -0.05) is 29.0 Å². The molecular weight excluding hydrogens is 360 g/mol. The molecule has 1 heterocycles. The molecule has 0 N–H and O–H groups in total. The Morgan fingerprint density at radius 2 is 1.84 bits per heavy atom. The number of nitrogens with zero attached hydrogens (tertiary/aromatic N) is 2. The van der Waals surface area contributed by atoms with E-state index in [0.29, 0.717) is 27.5 Å². The number of hydrogen-bond acceptors (Lipinski definition) is 4. The second-order valence-corrected chi connectivity index (χ2v) is 6.62. The van der Waals surface area contributed by atoms with Crippen LogP contribution in [0.2, 0.25) is 5.02 Å². The quantitative estimate of drug-likeness (QED) is 0.653. The highest BCUT2D eigenvalue weighted by molar-refractivity contribution is 7.16. The fourth-order valence-corrected chi connectivity index (χ4v) is 3.94. The van der Waals surface area contributed by atoms with Crippen molar-refractivity contribution in [3.05, 3.63) is 63.4 Å². The minimum Gasteiger partial charge on any atom is -0.465 e. The molecule has 0 spiro atoms. The lowest BCUT2D eigenvalue weighted by molar-refractivity contribution is 0.0600. The molecular formula is C18H15ClN2O3S. The van der Waals surface area contributed by atoms with E-state index >= 15 is 0 Å². The Balaban J connectivity index is 2.03. The topological polar surface area (TPSA) is 60.7 Å². The number of amides is 1. The number of carbonyl (C=O) groups excluding carboxylic acids is 2. The number of rotatable bonds is 3. The van der Waals surface area contributed by atoms with Gasteiger partial charge in [0.2, 0.25) is 0 Å². The summed E-state index contributed by atoms with van der Waals surface area (Å²) in [5.41, 5.74) is 1.67. The van der Waals surface area contributed by atoms with E-state index in [2.05, 4.69) is 9.73 Å². The number of para-hydroxylation sites is 1. The summed E-state index contributed by atoms with van der Waals surface area (Å²) in [7, 11) is 1.31. The first-order chi connectivity index (χ1) is 12.0. The molecule has 0 aliphatic rings. The average Bonchev–Trinajstić information content (AvgIpc) is 2.99. The zero-order valence-electron chi connectivity index (χ0n) is 13.7. The number of aryl methyl sites for hydroxylation is 1. The van der Waals surface area contributed by atoms with E-state index in [9.17, 15) is 9.59 Å². The van der Waals surface area contributed by atoms with Gasteiger partial charge in [0, 0.05) is 12.1 Å². The Kier molecular flexibility index (Phi) is 5.01. The van der Waals surface area contributed by atoms with Gasteiger partial charge in [0.25, 0.3) is 5.91 Å². The number of fused-ring (bicyclic) bond motifs is 1. The van der Waals surface area contributed by atoms with Crippen molar-refractivity contribution >= 4 is 45.0 Å². The van der Waals surface area contributed by atoms with Crippen molar-refractivity contribution in [2.45, 2.75) is 13.5 Å². The molecule has 25 heavy (non-hydrogen) atoms. The molecule has 0 saturated carbocycles. The molecule has 7 heteroatoms. The molecule has 1 amide bonds. The summed E-state index contributed by atoms with van der Waals surface area (Å²) in [4.78, 5) is 28.8. The second kappa shape index (κ2) is 7.21. The molecule has 0 radical (unpaired) electrons. The van der Waals surface area contributed by atoms with E-state index in [-0.39, 0.29) is 5.91 Å². The second-order valence-electron chi connectivity index (χ2n) is 5.20. The molecule has 3 aromatic rings. The Morgan fingerprint density at radius 3 is 2.48 bits per heavy atom. The number of carbonyl (C=O) groups is 2. The lowest BCUT2D eigenvalue weighted by atomic mass is 10.1. The molecule has 0 fully saturated rings. The molecule has 128 valence electrons. The summed E-state index contributed by atoms with van der Waals surface area (Å²) >= 11 is 7.70. The van der Waals surface area contributed by atoms with E-state index < -0.39 is 5.97 Å². The van der Waals surface area contributed by atoms with Gasteiger partial charge in [0.1, 0.15) is 0 Å². The minimum atomic E-state index is -0.445. The molecule has 0 unspecified atom stereocenters. The molecule has 0 aliphatic heterocycles. The minimum absolute atomic E-state index is 0.374. The van der Waals surface area contributed by atoms with Crippen LogP contribution in [-0.2, 0) is 11.3 Å². The first-order valence-corrected chi connectivity index (χ1v) is 8.80. The predicted molar refractivity (Wildman–Crippen MR) is 98.2 cm³/mol. The number of benzene rings is 2. The van der Waals surface area contributed by atoms with Gasteiger partial charge in [-0.15, -0.1) is 0 Å². The van der Waals surface area contributed by atoms with Gasteiger partial charge in [0.05, 0.1) is 27.9 Å². The van der Waals surface area contributed by atoms with Gasteiger partial charge in [-0.05, 0) is 43.3 Å². The third-order valence-corrected chi connectivity index (χ3v) is 5.07. The lowest BCUT2D eigenvalue weighted by Crippen LogP contribution is -2.16. The maximum Gasteiger partial charge on any atom is 0.337 e. The van der Waals surface area contributed by atoms with Crippen LogP contribution in [0.1, 0.15) is 27.6 Å². The largest absolute Gasteiger partial charge is 0.465 e. The third kappa shape index (κ3) is 3.36. The number of esters is 1. The zero-order valence-corrected chi connectivity index (χ0v) is 15.2. The zero-order chi connectivity index (χ0) is 18.0. The van der Waals surface area contributed by atoms with E-state index in [4.69, 9.17) is 11.6 Å². The molecule has 0 aliphatic carbocycles. The van der Waals surface area contributed by atoms with Crippen molar-refractivity contribution in [2.75, 3.05) is 7.11 Å². The van der Waals surface area contributed by atoms with Gasteiger partial charge in [-0.3, -0.25) is 4.79 Å². The van der Waals surface area contributed by atoms with Crippen LogP contribution in [0.4, 0.5) is 0 Å². The highest BCUT2D eigenvalue weighted by Gasteiger charge is 2.11. The van der Waals surface area contributed by atoms with Gasteiger partial charge in [0.15, 0.2) is 4.80 Å². The van der Waals surface area contributed by atoms with Crippen LogP contribution in [0, 0.1) is 0 Å². The number of methoxy groups -OCH3 is 1. The highest BCUT2D eigenvalue weighted by Crippen LogP contribution is 2.25. The normalized spacial score (nSPS) is 11.7. The van der Waals surface area contributed by atoms with Crippen LogP contribution in [0.3, 0.4) is 0 Å². The third-order valence-electron chi connectivity index (χ3n) is 3.72. The SMILES string of the molecule is CCn1c(=NC(=O)c2ccc(C(=O)OC)cc2)sc2cccc(Cl)c21. The van der Waals surface area contributed by atoms with Crippen LogP contribution in [0.15, 0.2) is 47.5 Å². The van der Waals surface area contributed by atoms with Crippen molar-refractivity contribution in [3.8, 4) is 0 Å². The average molecular weight is 375 g/mol. The van der Waals surface area contributed by atoms with Gasteiger partial charge in [-0.2, -0.15) is 4.99 Å². The predicted octanol–water partition coefficient (Wildman–Crippen LogP) is 3.90. The smallest absolute Gasteiger partial charge is 0.337 e. The summed E-state index contributed by atoms with van der Waals surface area (Å²) in [5, 5.41) is 0.631. The summed E-state index contributed by atoms with van der Waals surface area (Å²) < 4.78 is 7.54. The van der Waals surface area contributed by atoms with Crippen LogP contribution < -0.4 is 4.80 Å². The molecule has 0 bridgehead atoms. The van der Waals surface area contributed by atoms with Crippen LogP contribution in [0.5, 0.6) is 0 Å². The Hall–Kier alpha value is -2.44. The summed E-state index contributed by atoms with van der Waals surface area (Å²) in [6.07, 6.45) is 0. The molecule has 1 aromatic heterocycles. The fraction of sp³-hybridized carbons (Fsp3) is 0.167. The monoisotopic (exact) mass is 374 g/mol. The van der Waals surface area contributed by atoms with Crippen molar-refractivity contribution in [1.29, 1.82) is 0 Å². The van der Waals surface area contributed by atoms with Crippen molar-refractivity contribution in [1.82, 2.24) is 4.57 Å². The number of ether oxygens (including phenoxy) is 1. The van der Waals surface area contributed by atoms with E-state index in [1.807, 2.05) is 29.7 Å².